The van der Waals surface area contributed by atoms with Crippen LogP contribution in [0.2, 0.25) is 0 Å². The number of fused-ring (bicyclic) bond motifs is 1. The van der Waals surface area contributed by atoms with Crippen molar-refractivity contribution in [2.75, 3.05) is 12.4 Å². The van der Waals surface area contributed by atoms with Crippen molar-refractivity contribution in [3.05, 3.63) is 65.1 Å². The number of carbonyl (C=O) groups is 1. The van der Waals surface area contributed by atoms with Gasteiger partial charge in [-0.25, -0.2) is 4.79 Å². The molecule has 0 aliphatic carbocycles. The summed E-state index contributed by atoms with van der Waals surface area (Å²) in [5.74, 6) is -0.323. The van der Waals surface area contributed by atoms with E-state index in [0.29, 0.717) is 4.91 Å². The van der Waals surface area contributed by atoms with Crippen molar-refractivity contribution in [2.45, 2.75) is 4.90 Å². The van der Waals surface area contributed by atoms with E-state index in [1.807, 2.05) is 54.6 Å². The summed E-state index contributed by atoms with van der Waals surface area (Å²) in [6, 6.07) is 17.7. The Morgan fingerprint density at radius 1 is 1.05 bits per heavy atom. The molecule has 3 nitrogen and oxygen atoms in total. The quantitative estimate of drug-likeness (QED) is 0.852. The number of rotatable bonds is 2. The van der Waals surface area contributed by atoms with Crippen LogP contribution in [0.5, 0.6) is 0 Å². The van der Waals surface area contributed by atoms with E-state index < -0.39 is 0 Å². The van der Waals surface area contributed by atoms with Crippen LogP contribution in [0.25, 0.3) is 5.70 Å². The molecular formula is C16H13NO2S. The second kappa shape index (κ2) is 5.43. The number of methoxy groups -OCH3 is 1. The van der Waals surface area contributed by atoms with Crippen molar-refractivity contribution in [3.63, 3.8) is 0 Å². The zero-order chi connectivity index (χ0) is 13.9. The Kier molecular flexibility index (Phi) is 3.48. The van der Waals surface area contributed by atoms with Crippen LogP contribution in [0.3, 0.4) is 0 Å². The summed E-state index contributed by atoms with van der Waals surface area (Å²) < 4.78 is 4.90. The lowest BCUT2D eigenvalue weighted by Crippen LogP contribution is -2.13. The van der Waals surface area contributed by atoms with Crippen LogP contribution in [-0.2, 0) is 9.53 Å². The molecular weight excluding hydrogens is 270 g/mol. The predicted molar refractivity (Wildman–Crippen MR) is 81.3 cm³/mol. The first-order valence-corrected chi connectivity index (χ1v) is 7.03. The maximum Gasteiger partial charge on any atom is 0.346 e. The second-order valence-electron chi connectivity index (χ2n) is 4.28. The van der Waals surface area contributed by atoms with Gasteiger partial charge in [-0.1, -0.05) is 54.2 Å². The molecule has 20 heavy (non-hydrogen) atoms. The lowest BCUT2D eigenvalue weighted by atomic mass is 10.1. The first-order valence-electron chi connectivity index (χ1n) is 6.21. The fourth-order valence-corrected chi connectivity index (χ4v) is 3.09. The summed E-state index contributed by atoms with van der Waals surface area (Å²) in [7, 11) is 1.40. The van der Waals surface area contributed by atoms with Crippen LogP contribution in [0.15, 0.2) is 64.4 Å². The molecule has 0 saturated carbocycles. The molecule has 1 N–H and O–H groups in total. The lowest BCUT2D eigenvalue weighted by Gasteiger charge is -2.23. The summed E-state index contributed by atoms with van der Waals surface area (Å²) in [4.78, 5) is 13.6. The van der Waals surface area contributed by atoms with E-state index >= 15 is 0 Å². The van der Waals surface area contributed by atoms with Crippen LogP contribution in [0, 0.1) is 0 Å². The van der Waals surface area contributed by atoms with Crippen molar-refractivity contribution in [1.82, 2.24) is 0 Å². The topological polar surface area (TPSA) is 38.3 Å². The van der Waals surface area contributed by atoms with E-state index in [1.54, 1.807) is 0 Å². The van der Waals surface area contributed by atoms with Gasteiger partial charge < -0.3 is 10.1 Å². The standard InChI is InChI=1S/C16H13NO2S/c1-19-16(18)15-14(11-7-3-2-4-8-11)17-12-9-5-6-10-13(12)20-15/h2-10,17H,1H3. The van der Waals surface area contributed by atoms with Crippen LogP contribution in [0.1, 0.15) is 5.56 Å². The maximum absolute atomic E-state index is 12.0. The van der Waals surface area contributed by atoms with E-state index in [-0.39, 0.29) is 5.97 Å². The highest BCUT2D eigenvalue weighted by molar-refractivity contribution is 8.04. The Bertz CT molecular complexity index is 680. The van der Waals surface area contributed by atoms with Crippen LogP contribution < -0.4 is 5.32 Å². The lowest BCUT2D eigenvalue weighted by molar-refractivity contribution is -0.135. The highest BCUT2D eigenvalue weighted by atomic mass is 32.2. The molecule has 4 heteroatoms. The fourth-order valence-electron chi connectivity index (χ4n) is 2.06. The summed E-state index contributed by atoms with van der Waals surface area (Å²) in [5, 5.41) is 3.34. The molecule has 100 valence electrons. The van der Waals surface area contributed by atoms with Crippen molar-refractivity contribution in [2.24, 2.45) is 0 Å². The number of benzene rings is 2. The van der Waals surface area contributed by atoms with Gasteiger partial charge in [-0.2, -0.15) is 0 Å². The largest absolute Gasteiger partial charge is 0.465 e. The van der Waals surface area contributed by atoms with E-state index in [9.17, 15) is 4.79 Å². The number of hydrogen-bond acceptors (Lipinski definition) is 4. The van der Waals surface area contributed by atoms with Gasteiger partial charge in [-0.05, 0) is 17.7 Å². The minimum atomic E-state index is -0.323. The van der Waals surface area contributed by atoms with Gasteiger partial charge in [-0.3, -0.25) is 0 Å². The SMILES string of the molecule is COC(=O)C1=C(c2ccccc2)Nc2ccccc2S1. The third kappa shape index (κ3) is 2.30. The summed E-state index contributed by atoms with van der Waals surface area (Å²) in [6.07, 6.45) is 0. The van der Waals surface area contributed by atoms with Crippen molar-refractivity contribution in [3.8, 4) is 0 Å². The van der Waals surface area contributed by atoms with E-state index in [2.05, 4.69) is 5.32 Å². The molecule has 2 aromatic carbocycles. The molecule has 0 unspecified atom stereocenters. The number of carbonyl (C=O) groups excluding carboxylic acids is 1. The Hall–Kier alpha value is -2.20. The smallest absolute Gasteiger partial charge is 0.346 e. The zero-order valence-corrected chi connectivity index (χ0v) is 11.7. The van der Waals surface area contributed by atoms with Crippen LogP contribution in [-0.4, -0.2) is 13.1 Å². The molecule has 2 aromatic rings. The van der Waals surface area contributed by atoms with Gasteiger partial charge in [0.1, 0.15) is 4.91 Å². The molecule has 0 amide bonds. The van der Waals surface area contributed by atoms with Gasteiger partial charge in [0.15, 0.2) is 0 Å². The first-order chi connectivity index (χ1) is 9.79. The molecule has 3 rings (SSSR count). The molecule has 0 saturated heterocycles. The molecule has 0 spiro atoms. The molecule has 1 aliphatic heterocycles. The first kappa shape index (κ1) is 12.8. The van der Waals surface area contributed by atoms with Gasteiger partial charge in [0.2, 0.25) is 0 Å². The number of hydrogen-bond donors (Lipinski definition) is 1. The van der Waals surface area contributed by atoms with Gasteiger partial charge in [0.25, 0.3) is 0 Å². The van der Waals surface area contributed by atoms with Crippen LogP contribution >= 0.6 is 11.8 Å². The van der Waals surface area contributed by atoms with Crippen molar-refractivity contribution in [1.29, 1.82) is 0 Å². The normalized spacial score (nSPS) is 13.4. The van der Waals surface area contributed by atoms with Crippen LogP contribution in [0.4, 0.5) is 5.69 Å². The number of ether oxygens (including phenoxy) is 1. The van der Waals surface area contributed by atoms with Gasteiger partial charge >= 0.3 is 5.97 Å². The average Bonchev–Trinajstić information content (AvgIpc) is 2.53. The predicted octanol–water partition coefficient (Wildman–Crippen LogP) is 3.75. The molecule has 0 aromatic heterocycles. The molecule has 1 aliphatic rings. The summed E-state index contributed by atoms with van der Waals surface area (Å²) in [5.41, 5.74) is 2.76. The Balaban J connectivity index is 2.11. The number of nitrogens with one attached hydrogen (secondary N) is 1. The van der Waals surface area contributed by atoms with Gasteiger partial charge in [0, 0.05) is 4.90 Å². The molecule has 0 bridgehead atoms. The number of thioether (sulfide) groups is 1. The zero-order valence-electron chi connectivity index (χ0n) is 10.9. The van der Waals surface area contributed by atoms with Gasteiger partial charge in [0.05, 0.1) is 18.5 Å². The molecule has 0 fully saturated rings. The average molecular weight is 283 g/mol. The Morgan fingerprint density at radius 3 is 2.50 bits per heavy atom. The minimum absolute atomic E-state index is 0.323. The molecule has 0 atom stereocenters. The van der Waals surface area contributed by atoms with Crippen molar-refractivity contribution < 1.29 is 9.53 Å². The summed E-state index contributed by atoms with van der Waals surface area (Å²) in [6.45, 7) is 0. The highest BCUT2D eigenvalue weighted by Crippen LogP contribution is 2.42. The number of anilines is 1. The third-order valence-corrected chi connectivity index (χ3v) is 4.17. The van der Waals surface area contributed by atoms with Gasteiger partial charge in [-0.15, -0.1) is 0 Å². The number of esters is 1. The van der Waals surface area contributed by atoms with E-state index in [0.717, 1.165) is 21.8 Å². The Labute approximate surface area is 121 Å². The highest BCUT2D eigenvalue weighted by Gasteiger charge is 2.24. The minimum Gasteiger partial charge on any atom is -0.465 e. The van der Waals surface area contributed by atoms with E-state index in [1.165, 1.54) is 18.9 Å². The monoisotopic (exact) mass is 283 g/mol. The van der Waals surface area contributed by atoms with Crippen molar-refractivity contribution >= 4 is 29.1 Å². The fraction of sp³-hybridized carbons (Fsp3) is 0.0625. The second-order valence-corrected chi connectivity index (χ2v) is 5.34. The Morgan fingerprint density at radius 2 is 1.75 bits per heavy atom. The third-order valence-electron chi connectivity index (χ3n) is 3.02. The van der Waals surface area contributed by atoms with E-state index in [4.69, 9.17) is 4.74 Å². The molecule has 1 heterocycles. The number of para-hydroxylation sites is 1. The maximum atomic E-state index is 12.0. The summed E-state index contributed by atoms with van der Waals surface area (Å²) >= 11 is 1.44. The molecule has 0 radical (unpaired) electrons.